The number of pyridine rings is 1. The largest absolute Gasteiger partial charge is 0.381 e. The number of rotatable bonds is 5. The van der Waals surface area contributed by atoms with Crippen molar-refractivity contribution in [2.45, 2.75) is 18.9 Å². The third kappa shape index (κ3) is 5.26. The first kappa shape index (κ1) is 19.3. The van der Waals surface area contributed by atoms with Crippen molar-refractivity contribution < 1.29 is 14.3 Å². The van der Waals surface area contributed by atoms with Crippen LogP contribution >= 0.6 is 11.6 Å². The molecular formula is C19H21ClN4O3. The van der Waals surface area contributed by atoms with Crippen LogP contribution < -0.4 is 16.4 Å². The molecule has 0 bridgehead atoms. The molecule has 1 fully saturated rings. The summed E-state index contributed by atoms with van der Waals surface area (Å²) < 4.78 is 5.30. The van der Waals surface area contributed by atoms with E-state index in [9.17, 15) is 9.59 Å². The topological polar surface area (TPSA) is 106 Å². The van der Waals surface area contributed by atoms with Gasteiger partial charge < -0.3 is 21.1 Å². The van der Waals surface area contributed by atoms with Gasteiger partial charge in [0.05, 0.1) is 11.1 Å². The highest BCUT2D eigenvalue weighted by atomic mass is 35.5. The average Bonchev–Trinajstić information content (AvgIpc) is 2.70. The van der Waals surface area contributed by atoms with E-state index in [0.29, 0.717) is 35.3 Å². The molecule has 1 aliphatic rings. The Labute approximate surface area is 162 Å². The Morgan fingerprint density at radius 2 is 1.96 bits per heavy atom. The van der Waals surface area contributed by atoms with Crippen LogP contribution in [0.5, 0.6) is 0 Å². The fraction of sp³-hybridized carbons (Fsp3) is 0.316. The second-order valence-electron chi connectivity index (χ2n) is 6.36. The Morgan fingerprint density at radius 1 is 1.19 bits per heavy atom. The van der Waals surface area contributed by atoms with Gasteiger partial charge in [0.2, 0.25) is 5.91 Å². The first-order valence-electron chi connectivity index (χ1n) is 8.70. The zero-order valence-electron chi connectivity index (χ0n) is 14.7. The van der Waals surface area contributed by atoms with Gasteiger partial charge in [0.25, 0.3) is 5.91 Å². The highest BCUT2D eigenvalue weighted by Gasteiger charge is 2.26. The number of hydrogen-bond acceptors (Lipinski definition) is 5. The molecule has 1 unspecified atom stereocenters. The van der Waals surface area contributed by atoms with E-state index < -0.39 is 6.04 Å². The maximum absolute atomic E-state index is 12.4. The van der Waals surface area contributed by atoms with Gasteiger partial charge in [-0.15, -0.1) is 0 Å². The van der Waals surface area contributed by atoms with Crippen LogP contribution in [-0.2, 0) is 9.53 Å². The van der Waals surface area contributed by atoms with Crippen LogP contribution in [0.15, 0.2) is 42.6 Å². The Kier molecular flexibility index (Phi) is 6.39. The van der Waals surface area contributed by atoms with Crippen LogP contribution in [0.25, 0.3) is 0 Å². The second kappa shape index (κ2) is 8.94. The summed E-state index contributed by atoms with van der Waals surface area (Å²) in [4.78, 5) is 28.8. The van der Waals surface area contributed by atoms with Gasteiger partial charge in [0.1, 0.15) is 5.82 Å². The smallest absolute Gasteiger partial charge is 0.256 e. The summed E-state index contributed by atoms with van der Waals surface area (Å²) in [6.07, 6.45) is 2.99. The van der Waals surface area contributed by atoms with Crippen LogP contribution in [0, 0.1) is 5.92 Å². The van der Waals surface area contributed by atoms with E-state index >= 15 is 0 Å². The molecule has 1 aliphatic heterocycles. The van der Waals surface area contributed by atoms with Crippen molar-refractivity contribution in [2.24, 2.45) is 11.7 Å². The highest BCUT2D eigenvalue weighted by molar-refractivity contribution is 6.30. The van der Waals surface area contributed by atoms with Crippen LogP contribution in [0.1, 0.15) is 23.2 Å². The number of benzene rings is 1. The van der Waals surface area contributed by atoms with Gasteiger partial charge in [0.15, 0.2) is 0 Å². The first-order valence-corrected chi connectivity index (χ1v) is 9.08. The number of nitrogens with zero attached hydrogens (tertiary/aromatic N) is 1. The van der Waals surface area contributed by atoms with E-state index in [0.717, 1.165) is 12.8 Å². The van der Waals surface area contributed by atoms with E-state index in [-0.39, 0.29) is 17.7 Å². The van der Waals surface area contributed by atoms with E-state index in [1.165, 1.54) is 6.20 Å². The van der Waals surface area contributed by atoms with Gasteiger partial charge in [-0.3, -0.25) is 9.59 Å². The fourth-order valence-electron chi connectivity index (χ4n) is 2.89. The molecule has 0 radical (unpaired) electrons. The molecule has 1 saturated heterocycles. The van der Waals surface area contributed by atoms with Crippen LogP contribution in [0.4, 0.5) is 11.5 Å². The van der Waals surface area contributed by atoms with Crippen LogP contribution in [-0.4, -0.2) is 36.1 Å². The van der Waals surface area contributed by atoms with Gasteiger partial charge in [-0.2, -0.15) is 0 Å². The Hall–Kier alpha value is -2.48. The minimum Gasteiger partial charge on any atom is -0.381 e. The summed E-state index contributed by atoms with van der Waals surface area (Å²) in [5.41, 5.74) is 6.99. The molecule has 3 rings (SSSR count). The molecule has 1 aromatic carbocycles. The normalized spacial score (nSPS) is 15.8. The van der Waals surface area contributed by atoms with E-state index in [1.807, 2.05) is 0 Å². The number of hydrogen-bond donors (Lipinski definition) is 3. The zero-order chi connectivity index (χ0) is 19.2. The third-order valence-electron chi connectivity index (χ3n) is 4.44. The monoisotopic (exact) mass is 388 g/mol. The van der Waals surface area contributed by atoms with Crippen molar-refractivity contribution in [1.29, 1.82) is 0 Å². The number of aromatic nitrogens is 1. The van der Waals surface area contributed by atoms with Gasteiger partial charge in [-0.1, -0.05) is 17.7 Å². The first-order chi connectivity index (χ1) is 13.0. The fourth-order valence-corrected chi connectivity index (χ4v) is 3.00. The van der Waals surface area contributed by atoms with Gasteiger partial charge in [-0.25, -0.2) is 4.98 Å². The number of carbonyl (C=O) groups is 2. The number of halogens is 1. The van der Waals surface area contributed by atoms with Gasteiger partial charge >= 0.3 is 0 Å². The lowest BCUT2D eigenvalue weighted by Crippen LogP contribution is -2.44. The SMILES string of the molecule is NC(C(=O)Nc1cccc(C(=O)Nc2ccc(Cl)cn2)c1)C1CCOCC1. The maximum atomic E-state index is 12.4. The molecule has 2 aromatic rings. The molecule has 0 aliphatic carbocycles. The molecular weight excluding hydrogens is 368 g/mol. The molecule has 7 nitrogen and oxygen atoms in total. The number of ether oxygens (including phenoxy) is 1. The number of carbonyl (C=O) groups excluding carboxylic acids is 2. The average molecular weight is 389 g/mol. The quantitative estimate of drug-likeness (QED) is 0.730. The number of amides is 2. The summed E-state index contributed by atoms with van der Waals surface area (Å²) in [5, 5.41) is 5.95. The van der Waals surface area contributed by atoms with E-state index in [2.05, 4.69) is 15.6 Å². The molecule has 1 aromatic heterocycles. The maximum Gasteiger partial charge on any atom is 0.256 e. The molecule has 27 heavy (non-hydrogen) atoms. The van der Waals surface area contributed by atoms with Crippen LogP contribution in [0.2, 0.25) is 5.02 Å². The minimum absolute atomic E-state index is 0.0983. The van der Waals surface area contributed by atoms with Gasteiger partial charge in [-0.05, 0) is 49.1 Å². The van der Waals surface area contributed by atoms with Crippen molar-refractivity contribution in [3.8, 4) is 0 Å². The Bertz CT molecular complexity index is 807. The lowest BCUT2D eigenvalue weighted by atomic mass is 9.92. The summed E-state index contributed by atoms with van der Waals surface area (Å²) in [6, 6.07) is 9.30. The lowest BCUT2D eigenvalue weighted by molar-refractivity contribution is -0.119. The molecule has 0 saturated carbocycles. The third-order valence-corrected chi connectivity index (χ3v) is 4.66. The summed E-state index contributed by atoms with van der Waals surface area (Å²) in [6.45, 7) is 1.25. The van der Waals surface area contributed by atoms with Crippen molar-refractivity contribution in [3.63, 3.8) is 0 Å². The minimum atomic E-state index is -0.607. The van der Waals surface area contributed by atoms with Crippen LogP contribution in [0.3, 0.4) is 0 Å². The highest BCUT2D eigenvalue weighted by Crippen LogP contribution is 2.19. The van der Waals surface area contributed by atoms with Crippen molar-refractivity contribution in [2.75, 3.05) is 23.8 Å². The molecule has 142 valence electrons. The van der Waals surface area contributed by atoms with E-state index in [1.54, 1.807) is 36.4 Å². The van der Waals surface area contributed by atoms with Crippen molar-refractivity contribution in [1.82, 2.24) is 4.98 Å². The van der Waals surface area contributed by atoms with Gasteiger partial charge in [0, 0.05) is 30.7 Å². The summed E-state index contributed by atoms with van der Waals surface area (Å²) in [7, 11) is 0. The molecule has 4 N–H and O–H groups in total. The standard InChI is InChI=1S/C19H21ClN4O3/c20-14-4-5-16(22-11-14)24-18(25)13-2-1-3-15(10-13)23-19(26)17(21)12-6-8-27-9-7-12/h1-5,10-12,17H,6-9,21H2,(H,23,26)(H,22,24,25). The summed E-state index contributed by atoms with van der Waals surface area (Å²) in [5.74, 6) is -0.116. The number of nitrogens with one attached hydrogen (secondary N) is 2. The number of anilines is 2. The van der Waals surface area contributed by atoms with E-state index in [4.69, 9.17) is 22.1 Å². The second-order valence-corrected chi connectivity index (χ2v) is 6.80. The predicted molar refractivity (Wildman–Crippen MR) is 104 cm³/mol. The number of nitrogens with two attached hydrogens (primary N) is 1. The Morgan fingerprint density at radius 3 is 2.67 bits per heavy atom. The molecule has 1 atom stereocenters. The van der Waals surface area contributed by atoms with Crippen molar-refractivity contribution in [3.05, 3.63) is 53.2 Å². The molecule has 0 spiro atoms. The lowest BCUT2D eigenvalue weighted by Gasteiger charge is -2.26. The molecule has 2 heterocycles. The predicted octanol–water partition coefficient (Wildman–Crippen LogP) is 2.68. The Balaban J connectivity index is 1.63. The van der Waals surface area contributed by atoms with Crippen molar-refractivity contribution >= 4 is 34.9 Å². The summed E-state index contributed by atoms with van der Waals surface area (Å²) >= 11 is 5.78. The molecule has 8 heteroatoms. The molecule has 2 amide bonds. The zero-order valence-corrected chi connectivity index (χ0v) is 15.4.